The van der Waals surface area contributed by atoms with Crippen molar-refractivity contribution >= 4 is 47.8 Å². The lowest BCUT2D eigenvalue weighted by Crippen LogP contribution is -0.856. The first-order chi connectivity index (χ1) is 6.00. The van der Waals surface area contributed by atoms with Gasteiger partial charge in [-0.3, -0.25) is 0 Å². The van der Waals surface area contributed by atoms with Crippen molar-refractivity contribution in [1.29, 1.82) is 0 Å². The van der Waals surface area contributed by atoms with Gasteiger partial charge >= 0.3 is 0 Å². The van der Waals surface area contributed by atoms with Crippen molar-refractivity contribution < 1.29 is 0 Å². The van der Waals surface area contributed by atoms with Gasteiger partial charge in [-0.05, 0) is 17.5 Å². The molecule has 0 unspecified atom stereocenters. The average molecular weight is 375 g/mol. The second-order valence-electron chi connectivity index (χ2n) is 0. The summed E-state index contributed by atoms with van der Waals surface area (Å²) >= 11 is 8.81. The highest BCUT2D eigenvalue weighted by molar-refractivity contribution is 9.09. The van der Waals surface area contributed by atoms with Crippen LogP contribution in [-0.2, 0) is 0 Å². The molecule has 0 nitrogen and oxygen atoms in total. The third kappa shape index (κ3) is 601. The highest BCUT2D eigenvalue weighted by atomic mass is 79.9. The van der Waals surface area contributed by atoms with Gasteiger partial charge in [0.1, 0.15) is 0 Å². The minimum absolute atomic E-state index is 1.81. The lowest BCUT2D eigenvalue weighted by atomic mass is 11.0. The number of rotatable bonds is 0. The van der Waals surface area contributed by atoms with Crippen LogP contribution in [0, 0.1) is 0 Å². The van der Waals surface area contributed by atoms with Crippen LogP contribution in [0.25, 0.3) is 0 Å². The highest BCUT2D eigenvalue weighted by Gasteiger charge is 0.954. The SMILES string of the molecule is CBr.CBr.CBr.CC.CC.CC. The molecule has 12 heavy (non-hydrogen) atoms. The summed E-state index contributed by atoms with van der Waals surface area (Å²) in [7, 11) is 0. The van der Waals surface area contributed by atoms with Crippen molar-refractivity contribution in [2.75, 3.05) is 17.5 Å². The van der Waals surface area contributed by atoms with Crippen molar-refractivity contribution in [3.63, 3.8) is 0 Å². The topological polar surface area (TPSA) is 0 Å². The molecular weight excluding hydrogens is 348 g/mol. The lowest BCUT2D eigenvalue weighted by Gasteiger charge is -1.07. The fraction of sp³-hybridized carbons (Fsp3) is 1.00. The van der Waals surface area contributed by atoms with E-state index in [9.17, 15) is 0 Å². The van der Waals surface area contributed by atoms with E-state index in [4.69, 9.17) is 0 Å². The molecule has 0 amide bonds. The molecule has 0 atom stereocenters. The quantitative estimate of drug-likeness (QED) is 0.448. The summed E-state index contributed by atoms with van der Waals surface area (Å²) in [6.07, 6.45) is 0. The van der Waals surface area contributed by atoms with E-state index in [1.807, 2.05) is 59.0 Å². The van der Waals surface area contributed by atoms with E-state index in [-0.39, 0.29) is 0 Å². The minimum atomic E-state index is 1.81. The first-order valence-corrected chi connectivity index (χ1v) is 8.89. The zero-order valence-corrected chi connectivity index (χ0v) is 14.9. The molecule has 0 aromatic carbocycles. The largest absolute Gasteiger partial charge is 0.0966 e. The van der Waals surface area contributed by atoms with Gasteiger partial charge in [-0.25, -0.2) is 0 Å². The third-order valence-corrected chi connectivity index (χ3v) is 0. The second-order valence-corrected chi connectivity index (χ2v) is 0. The van der Waals surface area contributed by atoms with E-state index in [1.54, 1.807) is 0 Å². The van der Waals surface area contributed by atoms with Gasteiger partial charge < -0.3 is 0 Å². The van der Waals surface area contributed by atoms with E-state index >= 15 is 0 Å². The Labute approximate surface area is 106 Å². The van der Waals surface area contributed by atoms with Gasteiger partial charge in [-0.2, -0.15) is 0 Å². The van der Waals surface area contributed by atoms with E-state index in [1.165, 1.54) is 0 Å². The van der Waals surface area contributed by atoms with Gasteiger partial charge in [-0.15, -0.1) is 0 Å². The van der Waals surface area contributed by atoms with Crippen LogP contribution in [0.15, 0.2) is 0 Å². The molecule has 0 fully saturated rings. The Bertz CT molecular complexity index is 9.74. The van der Waals surface area contributed by atoms with Gasteiger partial charge in [0.15, 0.2) is 0 Å². The van der Waals surface area contributed by atoms with Crippen LogP contribution >= 0.6 is 47.8 Å². The minimum Gasteiger partial charge on any atom is -0.0966 e. The molecule has 0 saturated heterocycles. The van der Waals surface area contributed by atoms with Crippen molar-refractivity contribution in [3.8, 4) is 0 Å². The summed E-state index contributed by atoms with van der Waals surface area (Å²) in [5, 5.41) is 0. The van der Waals surface area contributed by atoms with Crippen molar-refractivity contribution in [2.45, 2.75) is 41.5 Å². The van der Waals surface area contributed by atoms with Gasteiger partial charge in [0.25, 0.3) is 0 Å². The molecule has 0 saturated carbocycles. The molecule has 0 aromatic heterocycles. The average Bonchev–Trinajstić information content (AvgIpc) is 2.33. The molecule has 0 aliphatic heterocycles. The maximum absolute atomic E-state index is 2.94. The maximum Gasteiger partial charge on any atom is -0.00848 e. The molecule has 0 radical (unpaired) electrons. The van der Waals surface area contributed by atoms with Crippen LogP contribution in [0.2, 0.25) is 0 Å². The Morgan fingerprint density at radius 3 is 0.333 bits per heavy atom. The summed E-state index contributed by atoms with van der Waals surface area (Å²) < 4.78 is 0. The molecule has 0 aliphatic rings. The number of halogens is 3. The molecule has 0 N–H and O–H groups in total. The van der Waals surface area contributed by atoms with Gasteiger partial charge in [0.2, 0.25) is 0 Å². The fourth-order valence-electron chi connectivity index (χ4n) is 0. The first-order valence-electron chi connectivity index (χ1n) is 4.13. The Balaban J connectivity index is -0.00000000900. The smallest absolute Gasteiger partial charge is 0.00848 e. The van der Waals surface area contributed by atoms with Gasteiger partial charge in [0.05, 0.1) is 0 Å². The molecule has 3 heteroatoms. The zero-order valence-electron chi connectivity index (χ0n) is 10.1. The third-order valence-electron chi connectivity index (χ3n) is 0. The summed E-state index contributed by atoms with van der Waals surface area (Å²) in [4.78, 5) is 0. The molecule has 0 spiro atoms. The molecule has 0 heterocycles. The number of hydrogen-bond donors (Lipinski definition) is 0. The molecular formula is C9H27Br3. The second kappa shape index (κ2) is 785. The van der Waals surface area contributed by atoms with Crippen LogP contribution < -0.4 is 0 Å². The molecule has 0 bridgehead atoms. The fourth-order valence-corrected chi connectivity index (χ4v) is 0. The van der Waals surface area contributed by atoms with Crippen molar-refractivity contribution in [3.05, 3.63) is 0 Å². The Kier molecular flexibility index (Phi) is 2460. The van der Waals surface area contributed by atoms with Crippen molar-refractivity contribution in [1.82, 2.24) is 0 Å². The standard InChI is InChI=1S/3C2H6.3CH3Br/c6*1-2/h3*1-2H3;3*1H3. The van der Waals surface area contributed by atoms with Gasteiger partial charge in [-0.1, -0.05) is 89.3 Å². The van der Waals surface area contributed by atoms with Crippen LogP contribution in [0.5, 0.6) is 0 Å². The monoisotopic (exact) mass is 372 g/mol. The maximum atomic E-state index is 2.94. The van der Waals surface area contributed by atoms with Crippen LogP contribution in [0.3, 0.4) is 0 Å². The predicted octanol–water partition coefficient (Wildman–Crippen LogP) is 6.11. The first kappa shape index (κ1) is 37.6. The summed E-state index contributed by atoms with van der Waals surface area (Å²) in [5.41, 5.74) is 0. The highest BCUT2D eigenvalue weighted by Crippen LogP contribution is 1.45. The van der Waals surface area contributed by atoms with Gasteiger partial charge in [0, 0.05) is 0 Å². The van der Waals surface area contributed by atoms with E-state index in [2.05, 4.69) is 47.8 Å². The normalized spacial score (nSPS) is 3.00. The Hall–Kier alpha value is 1.44. The van der Waals surface area contributed by atoms with E-state index in [0.29, 0.717) is 0 Å². The molecule has 0 aliphatic carbocycles. The molecule has 0 aromatic rings. The molecule has 0 rings (SSSR count). The summed E-state index contributed by atoms with van der Waals surface area (Å²) in [6, 6.07) is 0. The van der Waals surface area contributed by atoms with Crippen molar-refractivity contribution in [2.24, 2.45) is 0 Å². The predicted molar refractivity (Wildman–Crippen MR) is 78.6 cm³/mol. The summed E-state index contributed by atoms with van der Waals surface area (Å²) in [6.45, 7) is 12.0. The summed E-state index contributed by atoms with van der Waals surface area (Å²) in [5.74, 6) is 5.44. The van der Waals surface area contributed by atoms with Crippen LogP contribution in [0.4, 0.5) is 0 Å². The lowest BCUT2D eigenvalue weighted by molar-refractivity contribution is 1.50. The van der Waals surface area contributed by atoms with E-state index < -0.39 is 0 Å². The zero-order chi connectivity index (χ0) is 12.0. The molecule has 84 valence electrons. The Morgan fingerprint density at radius 2 is 0.333 bits per heavy atom. The Morgan fingerprint density at radius 1 is 0.333 bits per heavy atom. The van der Waals surface area contributed by atoms with E-state index in [0.717, 1.165) is 0 Å². The number of hydrogen-bond acceptors (Lipinski definition) is 0. The van der Waals surface area contributed by atoms with Crippen LogP contribution in [0.1, 0.15) is 41.5 Å². The number of alkyl halides is 3. The van der Waals surface area contributed by atoms with Crippen LogP contribution in [-0.4, -0.2) is 17.5 Å².